The summed E-state index contributed by atoms with van der Waals surface area (Å²) in [5.74, 6) is 0.950. The highest BCUT2D eigenvalue weighted by Gasteiger charge is 2.28. The van der Waals surface area contributed by atoms with E-state index in [9.17, 15) is 4.79 Å². The zero-order chi connectivity index (χ0) is 21.6. The normalized spacial score (nSPS) is 16.3. The Bertz CT molecular complexity index is 1020. The number of piperidine rings is 1. The standard InChI is InChI=1S/C25H28N4O2/c1-18-10-11-21(13-26-18)25(30)29-12-6-9-22(15-29)24-23(14-27-19(2)28-24)17-31-16-20-7-4-3-5-8-20/h3-5,7-8,10-11,13-14,22H,6,9,12,15-17H2,1-2H3. The minimum atomic E-state index is 0.0323. The van der Waals surface area contributed by atoms with Gasteiger partial charge in [0.15, 0.2) is 0 Å². The van der Waals surface area contributed by atoms with Gasteiger partial charge in [0.2, 0.25) is 0 Å². The summed E-state index contributed by atoms with van der Waals surface area (Å²) in [6.45, 7) is 6.23. The fourth-order valence-electron chi connectivity index (χ4n) is 3.99. The van der Waals surface area contributed by atoms with Crippen LogP contribution in [0.15, 0.2) is 54.9 Å². The Kier molecular flexibility index (Phi) is 6.67. The predicted molar refractivity (Wildman–Crippen MR) is 119 cm³/mol. The lowest BCUT2D eigenvalue weighted by Crippen LogP contribution is -2.39. The third-order valence-corrected chi connectivity index (χ3v) is 5.64. The summed E-state index contributed by atoms with van der Waals surface area (Å²) < 4.78 is 5.96. The molecule has 1 saturated heterocycles. The van der Waals surface area contributed by atoms with Crippen molar-refractivity contribution in [2.75, 3.05) is 13.1 Å². The van der Waals surface area contributed by atoms with Crippen molar-refractivity contribution in [3.8, 4) is 0 Å². The van der Waals surface area contributed by atoms with E-state index >= 15 is 0 Å². The molecule has 4 rings (SSSR count). The van der Waals surface area contributed by atoms with E-state index in [0.717, 1.165) is 47.7 Å². The second-order valence-corrected chi connectivity index (χ2v) is 8.08. The number of ether oxygens (including phenoxy) is 1. The molecule has 1 atom stereocenters. The Morgan fingerprint density at radius 1 is 1.06 bits per heavy atom. The number of likely N-dealkylation sites (tertiary alicyclic amines) is 1. The molecule has 0 saturated carbocycles. The molecule has 6 nitrogen and oxygen atoms in total. The molecule has 160 valence electrons. The topological polar surface area (TPSA) is 68.2 Å². The first kappa shape index (κ1) is 21.1. The predicted octanol–water partition coefficient (Wildman–Crippen LogP) is 4.23. The maximum absolute atomic E-state index is 13.0. The van der Waals surface area contributed by atoms with Crippen molar-refractivity contribution in [2.24, 2.45) is 0 Å². The van der Waals surface area contributed by atoms with Crippen LogP contribution in [-0.2, 0) is 18.0 Å². The van der Waals surface area contributed by atoms with Gasteiger partial charge in [0, 0.05) is 42.7 Å². The van der Waals surface area contributed by atoms with Crippen molar-refractivity contribution >= 4 is 5.91 Å². The second-order valence-electron chi connectivity index (χ2n) is 8.08. The average molecular weight is 417 g/mol. The number of rotatable bonds is 6. The van der Waals surface area contributed by atoms with E-state index in [0.29, 0.717) is 25.3 Å². The molecule has 1 amide bonds. The number of carbonyl (C=O) groups excluding carboxylic acids is 1. The van der Waals surface area contributed by atoms with E-state index < -0.39 is 0 Å². The number of hydrogen-bond donors (Lipinski definition) is 0. The summed E-state index contributed by atoms with van der Waals surface area (Å²) in [7, 11) is 0. The number of hydrogen-bond acceptors (Lipinski definition) is 5. The highest BCUT2D eigenvalue weighted by atomic mass is 16.5. The van der Waals surface area contributed by atoms with Crippen LogP contribution in [0.4, 0.5) is 0 Å². The minimum Gasteiger partial charge on any atom is -0.372 e. The third kappa shape index (κ3) is 5.33. The van der Waals surface area contributed by atoms with Gasteiger partial charge in [-0.05, 0) is 44.4 Å². The summed E-state index contributed by atoms with van der Waals surface area (Å²) in [6.07, 6.45) is 5.48. The molecule has 0 aliphatic carbocycles. The molecule has 6 heteroatoms. The number of aromatic nitrogens is 3. The van der Waals surface area contributed by atoms with E-state index in [4.69, 9.17) is 9.72 Å². The second kappa shape index (κ2) is 9.79. The van der Waals surface area contributed by atoms with Crippen molar-refractivity contribution in [1.29, 1.82) is 0 Å². The first-order valence-corrected chi connectivity index (χ1v) is 10.8. The van der Waals surface area contributed by atoms with Crippen LogP contribution in [0.25, 0.3) is 0 Å². The van der Waals surface area contributed by atoms with Crippen molar-refractivity contribution in [3.63, 3.8) is 0 Å². The summed E-state index contributed by atoms with van der Waals surface area (Å²) >= 11 is 0. The summed E-state index contributed by atoms with van der Waals surface area (Å²) in [6, 6.07) is 13.9. The van der Waals surface area contributed by atoms with E-state index in [-0.39, 0.29) is 11.8 Å². The summed E-state index contributed by atoms with van der Waals surface area (Å²) in [5, 5.41) is 0. The fraction of sp³-hybridized carbons (Fsp3) is 0.360. The Labute approximate surface area is 183 Å². The molecule has 3 aromatic rings. The van der Waals surface area contributed by atoms with Crippen LogP contribution < -0.4 is 0 Å². The van der Waals surface area contributed by atoms with Crippen LogP contribution in [0.1, 0.15) is 57.5 Å². The number of amides is 1. The van der Waals surface area contributed by atoms with E-state index in [1.165, 1.54) is 0 Å². The minimum absolute atomic E-state index is 0.0323. The van der Waals surface area contributed by atoms with Gasteiger partial charge in [-0.15, -0.1) is 0 Å². The van der Waals surface area contributed by atoms with Crippen molar-refractivity contribution in [3.05, 3.63) is 88.8 Å². The molecule has 1 aromatic carbocycles. The van der Waals surface area contributed by atoms with Crippen LogP contribution in [0.3, 0.4) is 0 Å². The molecule has 3 heterocycles. The maximum Gasteiger partial charge on any atom is 0.255 e. The number of carbonyl (C=O) groups is 1. The van der Waals surface area contributed by atoms with Gasteiger partial charge in [-0.1, -0.05) is 30.3 Å². The molecule has 31 heavy (non-hydrogen) atoms. The molecule has 0 N–H and O–H groups in total. The molecule has 1 aliphatic rings. The van der Waals surface area contributed by atoms with Crippen molar-refractivity contribution in [1.82, 2.24) is 19.9 Å². The Balaban J connectivity index is 1.46. The third-order valence-electron chi connectivity index (χ3n) is 5.64. The Morgan fingerprint density at radius 2 is 1.90 bits per heavy atom. The molecule has 0 spiro atoms. The molecule has 2 aromatic heterocycles. The zero-order valence-electron chi connectivity index (χ0n) is 18.1. The van der Waals surface area contributed by atoms with Gasteiger partial charge in [-0.3, -0.25) is 9.78 Å². The fourth-order valence-corrected chi connectivity index (χ4v) is 3.99. The lowest BCUT2D eigenvalue weighted by atomic mass is 9.91. The molecule has 1 aliphatic heterocycles. The van der Waals surface area contributed by atoms with E-state index in [1.54, 1.807) is 6.20 Å². The van der Waals surface area contributed by atoms with Crippen LogP contribution in [-0.4, -0.2) is 38.8 Å². The van der Waals surface area contributed by atoms with Gasteiger partial charge >= 0.3 is 0 Å². The number of aryl methyl sites for hydroxylation is 2. The van der Waals surface area contributed by atoms with Gasteiger partial charge in [-0.25, -0.2) is 9.97 Å². The van der Waals surface area contributed by atoms with Crippen molar-refractivity contribution in [2.45, 2.75) is 45.8 Å². The number of nitrogens with zero attached hydrogens (tertiary/aromatic N) is 4. The van der Waals surface area contributed by atoms with E-state index in [1.807, 2.05) is 55.3 Å². The SMILES string of the molecule is Cc1ccc(C(=O)N2CCCC(c3nc(C)ncc3COCc3ccccc3)C2)cn1. The maximum atomic E-state index is 13.0. The zero-order valence-corrected chi connectivity index (χ0v) is 18.1. The largest absolute Gasteiger partial charge is 0.372 e. The van der Waals surface area contributed by atoms with Crippen LogP contribution >= 0.6 is 0 Å². The first-order valence-electron chi connectivity index (χ1n) is 10.8. The molecular formula is C25H28N4O2. The quantitative estimate of drug-likeness (QED) is 0.602. The lowest BCUT2D eigenvalue weighted by molar-refractivity contribution is 0.0702. The number of pyridine rings is 1. The highest BCUT2D eigenvalue weighted by molar-refractivity contribution is 5.94. The first-order chi connectivity index (χ1) is 15.1. The Hall–Kier alpha value is -3.12. The van der Waals surface area contributed by atoms with Gasteiger partial charge in [0.25, 0.3) is 5.91 Å². The smallest absolute Gasteiger partial charge is 0.255 e. The van der Waals surface area contributed by atoms with Gasteiger partial charge in [-0.2, -0.15) is 0 Å². The molecule has 1 fully saturated rings. The van der Waals surface area contributed by atoms with Gasteiger partial charge < -0.3 is 9.64 Å². The van der Waals surface area contributed by atoms with Crippen LogP contribution in [0, 0.1) is 13.8 Å². The molecular weight excluding hydrogens is 388 g/mol. The Morgan fingerprint density at radius 3 is 2.68 bits per heavy atom. The lowest BCUT2D eigenvalue weighted by Gasteiger charge is -2.33. The van der Waals surface area contributed by atoms with Gasteiger partial charge in [0.05, 0.1) is 24.5 Å². The van der Waals surface area contributed by atoms with E-state index in [2.05, 4.69) is 22.1 Å². The summed E-state index contributed by atoms with van der Waals surface area (Å²) in [4.78, 5) is 28.3. The molecule has 0 bridgehead atoms. The summed E-state index contributed by atoms with van der Waals surface area (Å²) in [5.41, 5.74) is 4.68. The van der Waals surface area contributed by atoms with Crippen LogP contribution in [0.5, 0.6) is 0 Å². The van der Waals surface area contributed by atoms with Crippen molar-refractivity contribution < 1.29 is 9.53 Å². The average Bonchev–Trinajstić information content (AvgIpc) is 2.81. The molecule has 0 radical (unpaired) electrons. The van der Waals surface area contributed by atoms with Crippen LogP contribution in [0.2, 0.25) is 0 Å². The number of benzene rings is 1. The molecule has 1 unspecified atom stereocenters. The monoisotopic (exact) mass is 416 g/mol. The van der Waals surface area contributed by atoms with Gasteiger partial charge in [0.1, 0.15) is 5.82 Å². The highest BCUT2D eigenvalue weighted by Crippen LogP contribution is 2.29.